The van der Waals surface area contributed by atoms with Crippen molar-refractivity contribution in [2.45, 2.75) is 27.3 Å². The van der Waals surface area contributed by atoms with Crippen LogP contribution in [-0.4, -0.2) is 14.0 Å². The number of nitrogens with zero attached hydrogens (tertiary/aromatic N) is 3. The molecule has 0 N–H and O–H groups in total. The van der Waals surface area contributed by atoms with Gasteiger partial charge >= 0.3 is 0 Å². The van der Waals surface area contributed by atoms with Gasteiger partial charge in [-0.3, -0.25) is 4.79 Å². The maximum Gasteiger partial charge on any atom is 0.274 e. The summed E-state index contributed by atoms with van der Waals surface area (Å²) in [6.45, 7) is 7.17. The van der Waals surface area contributed by atoms with E-state index in [4.69, 9.17) is 0 Å². The van der Waals surface area contributed by atoms with Crippen LogP contribution in [0.3, 0.4) is 0 Å². The zero-order valence-electron chi connectivity index (χ0n) is 15.5. The van der Waals surface area contributed by atoms with E-state index >= 15 is 0 Å². The fourth-order valence-corrected chi connectivity index (χ4v) is 4.69. The molecule has 0 aliphatic rings. The van der Waals surface area contributed by atoms with Crippen LogP contribution in [0.15, 0.2) is 47.4 Å². The minimum absolute atomic E-state index is 0.00841. The molecule has 27 heavy (non-hydrogen) atoms. The summed E-state index contributed by atoms with van der Waals surface area (Å²) in [7, 11) is 0. The number of hydrogen-bond donors (Lipinski definition) is 0. The van der Waals surface area contributed by atoms with Crippen molar-refractivity contribution in [3.05, 3.63) is 74.2 Å². The molecule has 0 aliphatic carbocycles. The fraction of sp³-hybridized carbons (Fsp3) is 0.182. The van der Waals surface area contributed by atoms with Gasteiger partial charge in [0.25, 0.3) is 5.56 Å². The molecular formula is C22H19N3OS. The average Bonchev–Trinajstić information content (AvgIpc) is 3.28. The van der Waals surface area contributed by atoms with Gasteiger partial charge in [0.2, 0.25) is 0 Å². The average molecular weight is 373 g/mol. The Labute approximate surface area is 160 Å². The van der Waals surface area contributed by atoms with Crippen molar-refractivity contribution in [2.75, 3.05) is 0 Å². The van der Waals surface area contributed by atoms with Crippen LogP contribution in [0, 0.1) is 13.8 Å². The normalized spacial score (nSPS) is 12.8. The van der Waals surface area contributed by atoms with Gasteiger partial charge in [-0.1, -0.05) is 29.5 Å². The van der Waals surface area contributed by atoms with Crippen LogP contribution in [0.4, 0.5) is 0 Å². The van der Waals surface area contributed by atoms with Crippen molar-refractivity contribution in [1.82, 2.24) is 14.0 Å². The molecule has 0 spiro atoms. The Morgan fingerprint density at radius 3 is 2.70 bits per heavy atom. The maximum absolute atomic E-state index is 13.1. The van der Waals surface area contributed by atoms with Crippen molar-refractivity contribution in [3.63, 3.8) is 0 Å². The lowest BCUT2D eigenvalue weighted by Crippen LogP contribution is -2.22. The van der Waals surface area contributed by atoms with Gasteiger partial charge in [0, 0.05) is 29.2 Å². The molecule has 3 heterocycles. The zero-order chi connectivity index (χ0) is 18.7. The van der Waals surface area contributed by atoms with Gasteiger partial charge in [-0.15, -0.1) is 0 Å². The van der Waals surface area contributed by atoms with E-state index in [1.54, 1.807) is 4.40 Å². The number of aryl methyl sites for hydroxylation is 3. The molecule has 0 amide bonds. The second kappa shape index (κ2) is 5.79. The minimum atomic E-state index is 0.00841. The Morgan fingerprint density at radius 2 is 1.89 bits per heavy atom. The Balaban J connectivity index is 1.80. The maximum atomic E-state index is 13.1. The number of thiazole rings is 1. The number of hydrogen-bond acceptors (Lipinski definition) is 3. The van der Waals surface area contributed by atoms with Crippen LogP contribution < -0.4 is 10.1 Å². The molecule has 0 aliphatic heterocycles. The summed E-state index contributed by atoms with van der Waals surface area (Å²) in [5.74, 6) is 0. The fourth-order valence-electron chi connectivity index (χ4n) is 3.71. The third kappa shape index (κ3) is 2.35. The van der Waals surface area contributed by atoms with E-state index in [9.17, 15) is 4.79 Å². The van der Waals surface area contributed by atoms with E-state index < -0.39 is 0 Å². The number of imidazole rings is 1. The standard InChI is InChI=1S/C22H19N3OS/c1-4-24-12-15(16-7-5-6-8-18(16)24)11-20-21(26)25-19-10-14(3)13(2)9-17(19)23-22(25)27-20/h5-12H,4H2,1-3H3/b20-11-. The second-order valence-electron chi connectivity index (χ2n) is 6.96. The van der Waals surface area contributed by atoms with Gasteiger partial charge in [0.15, 0.2) is 4.96 Å². The molecule has 4 nitrogen and oxygen atoms in total. The number of para-hydroxylation sites is 1. The van der Waals surface area contributed by atoms with Crippen LogP contribution in [0.25, 0.3) is 33.0 Å². The SMILES string of the molecule is CCn1cc(/C=c2\sc3nc4cc(C)c(C)cc4n3c2=O)c2ccccc21. The highest BCUT2D eigenvalue weighted by Crippen LogP contribution is 2.23. The van der Waals surface area contributed by atoms with Gasteiger partial charge in [-0.2, -0.15) is 0 Å². The third-order valence-electron chi connectivity index (χ3n) is 5.30. The predicted molar refractivity (Wildman–Crippen MR) is 113 cm³/mol. The first-order valence-electron chi connectivity index (χ1n) is 9.08. The Hall–Kier alpha value is -2.92. The van der Waals surface area contributed by atoms with E-state index in [1.807, 2.05) is 18.2 Å². The van der Waals surface area contributed by atoms with E-state index in [1.165, 1.54) is 33.4 Å². The van der Waals surface area contributed by atoms with Crippen molar-refractivity contribution >= 4 is 44.3 Å². The van der Waals surface area contributed by atoms with Gasteiger partial charge < -0.3 is 4.57 Å². The Morgan fingerprint density at radius 1 is 1.11 bits per heavy atom. The molecule has 5 rings (SSSR count). The highest BCUT2D eigenvalue weighted by atomic mass is 32.1. The molecule has 0 saturated heterocycles. The van der Waals surface area contributed by atoms with Crippen molar-refractivity contribution in [3.8, 4) is 0 Å². The molecular weight excluding hydrogens is 354 g/mol. The molecule has 2 aromatic carbocycles. The molecule has 5 aromatic rings. The largest absolute Gasteiger partial charge is 0.347 e. The summed E-state index contributed by atoms with van der Waals surface area (Å²) in [5.41, 5.74) is 6.42. The third-order valence-corrected chi connectivity index (χ3v) is 6.27. The van der Waals surface area contributed by atoms with E-state index in [0.29, 0.717) is 0 Å². The summed E-state index contributed by atoms with van der Waals surface area (Å²) >= 11 is 1.46. The molecule has 0 atom stereocenters. The van der Waals surface area contributed by atoms with Crippen LogP contribution in [0.5, 0.6) is 0 Å². The lowest BCUT2D eigenvalue weighted by atomic mass is 10.1. The van der Waals surface area contributed by atoms with Gasteiger partial charge in [-0.25, -0.2) is 9.38 Å². The minimum Gasteiger partial charge on any atom is -0.347 e. The monoisotopic (exact) mass is 373 g/mol. The number of rotatable bonds is 2. The number of aromatic nitrogens is 3. The van der Waals surface area contributed by atoms with Gasteiger partial charge in [-0.05, 0) is 56.2 Å². The lowest BCUT2D eigenvalue weighted by molar-refractivity contribution is 0.797. The molecule has 0 fully saturated rings. The first-order valence-corrected chi connectivity index (χ1v) is 9.90. The molecule has 3 aromatic heterocycles. The van der Waals surface area contributed by atoms with Crippen molar-refractivity contribution < 1.29 is 0 Å². The predicted octanol–water partition coefficient (Wildman–Crippen LogP) is 4.05. The molecule has 0 bridgehead atoms. The molecule has 0 radical (unpaired) electrons. The zero-order valence-corrected chi connectivity index (χ0v) is 16.3. The highest BCUT2D eigenvalue weighted by molar-refractivity contribution is 7.15. The Bertz CT molecular complexity index is 1450. The molecule has 5 heteroatoms. The van der Waals surface area contributed by atoms with E-state index in [2.05, 4.69) is 60.8 Å². The van der Waals surface area contributed by atoms with Crippen LogP contribution in [-0.2, 0) is 6.54 Å². The first-order chi connectivity index (χ1) is 13.1. The number of benzene rings is 2. The van der Waals surface area contributed by atoms with E-state index in [-0.39, 0.29) is 5.56 Å². The summed E-state index contributed by atoms with van der Waals surface area (Å²) in [6, 6.07) is 12.4. The Kier molecular flexibility index (Phi) is 3.49. The second-order valence-corrected chi connectivity index (χ2v) is 7.97. The van der Waals surface area contributed by atoms with Crippen LogP contribution >= 0.6 is 11.3 Å². The van der Waals surface area contributed by atoms with Gasteiger partial charge in [0.05, 0.1) is 15.6 Å². The topological polar surface area (TPSA) is 39.3 Å². The summed E-state index contributed by atoms with van der Waals surface area (Å²) in [4.78, 5) is 18.5. The number of fused-ring (bicyclic) bond motifs is 4. The summed E-state index contributed by atoms with van der Waals surface area (Å²) in [6.07, 6.45) is 4.13. The summed E-state index contributed by atoms with van der Waals surface area (Å²) in [5, 5.41) is 1.17. The first kappa shape index (κ1) is 16.3. The molecule has 134 valence electrons. The molecule has 0 unspecified atom stereocenters. The smallest absolute Gasteiger partial charge is 0.274 e. The summed E-state index contributed by atoms with van der Waals surface area (Å²) < 4.78 is 4.68. The van der Waals surface area contributed by atoms with Crippen LogP contribution in [0.2, 0.25) is 0 Å². The highest BCUT2D eigenvalue weighted by Gasteiger charge is 2.13. The van der Waals surface area contributed by atoms with Crippen molar-refractivity contribution in [1.29, 1.82) is 0 Å². The van der Waals surface area contributed by atoms with Gasteiger partial charge in [0.1, 0.15) is 0 Å². The molecule has 0 saturated carbocycles. The van der Waals surface area contributed by atoms with Crippen molar-refractivity contribution in [2.24, 2.45) is 0 Å². The quantitative estimate of drug-likeness (QED) is 0.468. The van der Waals surface area contributed by atoms with E-state index in [0.717, 1.165) is 32.6 Å². The van der Waals surface area contributed by atoms with Crippen LogP contribution in [0.1, 0.15) is 23.6 Å². The lowest BCUT2D eigenvalue weighted by Gasteiger charge is -1.98.